The molecule has 2 N–H and O–H groups in total. The molecule has 1 aliphatic rings. The van der Waals surface area contributed by atoms with E-state index < -0.39 is 60.5 Å². The lowest BCUT2D eigenvalue weighted by atomic mass is 10.0. The molecule has 1 heterocycles. The molecule has 1 amide bonds. The summed E-state index contributed by atoms with van der Waals surface area (Å²) in [4.78, 5) is 56.7. The molecule has 0 aromatic rings. The van der Waals surface area contributed by atoms with Crippen molar-refractivity contribution in [1.29, 1.82) is 0 Å². The molecule has 5 unspecified atom stereocenters. The lowest BCUT2D eigenvalue weighted by Gasteiger charge is -2.25. The average Bonchev–Trinajstić information content (AvgIpc) is 2.72. The largest absolute Gasteiger partial charge is 0.455 e. The average molecular weight is 361 g/mol. The Labute approximate surface area is 142 Å². The van der Waals surface area contributed by atoms with Gasteiger partial charge in [-0.1, -0.05) is 0 Å². The fraction of sp³-hybridized carbons (Fsp3) is 0.643. The molecule has 0 saturated carbocycles. The van der Waals surface area contributed by atoms with Gasteiger partial charge in [0.2, 0.25) is 18.5 Å². The van der Waals surface area contributed by atoms with E-state index in [1.165, 1.54) is 0 Å². The zero-order valence-electron chi connectivity index (χ0n) is 14.0. The predicted molar refractivity (Wildman–Crippen MR) is 76.3 cm³/mol. The Morgan fingerprint density at radius 3 is 1.68 bits per heavy atom. The summed E-state index contributed by atoms with van der Waals surface area (Å²) in [6.07, 6.45) is -7.39. The minimum atomic E-state index is -1.67. The molecule has 1 fully saturated rings. The van der Waals surface area contributed by atoms with Gasteiger partial charge in [-0.05, 0) is 0 Å². The topological polar surface area (TPSA) is 158 Å². The van der Waals surface area contributed by atoms with Crippen molar-refractivity contribution in [3.8, 4) is 0 Å². The normalized spacial score (nSPS) is 26.2. The Hall–Kier alpha value is -2.69. The highest BCUT2D eigenvalue weighted by molar-refractivity contribution is 5.82. The van der Waals surface area contributed by atoms with Crippen LogP contribution in [0, 0.1) is 0 Å². The number of ether oxygens (including phenoxy) is 5. The smallest absolute Gasteiger partial charge is 0.305 e. The van der Waals surface area contributed by atoms with Crippen LogP contribution in [-0.2, 0) is 47.7 Å². The molecule has 1 aliphatic heterocycles. The van der Waals surface area contributed by atoms with Gasteiger partial charge in [-0.3, -0.25) is 24.0 Å². The molecular formula is C14H19NO10. The van der Waals surface area contributed by atoms with Crippen molar-refractivity contribution in [2.24, 2.45) is 5.73 Å². The van der Waals surface area contributed by atoms with Crippen molar-refractivity contribution in [1.82, 2.24) is 0 Å². The van der Waals surface area contributed by atoms with Crippen LogP contribution in [0.2, 0.25) is 0 Å². The maximum absolute atomic E-state index is 11.6. The van der Waals surface area contributed by atoms with E-state index >= 15 is 0 Å². The monoisotopic (exact) mass is 361 g/mol. The highest BCUT2D eigenvalue weighted by Gasteiger charge is 2.56. The van der Waals surface area contributed by atoms with E-state index in [-0.39, 0.29) is 0 Å². The SMILES string of the molecule is CC(=O)OC1OC(C(OC(C)=O)C(N)=O)C(OC(C)=O)C1OC(C)=O. The second kappa shape index (κ2) is 8.42. The van der Waals surface area contributed by atoms with Crippen LogP contribution < -0.4 is 5.73 Å². The Bertz CT molecular complexity index is 574. The summed E-state index contributed by atoms with van der Waals surface area (Å²) in [5, 5.41) is 0. The summed E-state index contributed by atoms with van der Waals surface area (Å²) < 4.78 is 25.1. The van der Waals surface area contributed by atoms with E-state index in [0.717, 1.165) is 27.7 Å². The Balaban J connectivity index is 3.24. The molecule has 0 aromatic carbocycles. The molecule has 0 bridgehead atoms. The van der Waals surface area contributed by atoms with Gasteiger partial charge in [0.05, 0.1) is 0 Å². The summed E-state index contributed by atoms with van der Waals surface area (Å²) >= 11 is 0. The van der Waals surface area contributed by atoms with Crippen molar-refractivity contribution in [2.75, 3.05) is 0 Å². The second-order valence-corrected chi connectivity index (χ2v) is 5.16. The zero-order chi connectivity index (χ0) is 19.3. The molecule has 1 rings (SSSR count). The second-order valence-electron chi connectivity index (χ2n) is 5.16. The first-order valence-electron chi connectivity index (χ1n) is 7.16. The molecule has 5 atom stereocenters. The summed E-state index contributed by atoms with van der Waals surface area (Å²) in [7, 11) is 0. The number of hydrogen-bond acceptors (Lipinski definition) is 10. The van der Waals surface area contributed by atoms with Crippen LogP contribution in [0.1, 0.15) is 27.7 Å². The van der Waals surface area contributed by atoms with Crippen molar-refractivity contribution < 1.29 is 47.7 Å². The van der Waals surface area contributed by atoms with E-state index in [1.54, 1.807) is 0 Å². The van der Waals surface area contributed by atoms with E-state index in [4.69, 9.17) is 29.4 Å². The fourth-order valence-corrected chi connectivity index (χ4v) is 2.26. The lowest BCUT2D eigenvalue weighted by molar-refractivity contribution is -0.201. The summed E-state index contributed by atoms with van der Waals surface area (Å²) in [5.41, 5.74) is 5.20. The third-order valence-corrected chi connectivity index (χ3v) is 2.97. The molecule has 11 nitrogen and oxygen atoms in total. The first-order valence-corrected chi connectivity index (χ1v) is 7.16. The van der Waals surface area contributed by atoms with Crippen LogP contribution in [0.25, 0.3) is 0 Å². The third kappa shape index (κ3) is 5.71. The number of carbonyl (C=O) groups excluding carboxylic acids is 5. The number of amides is 1. The molecule has 0 aliphatic carbocycles. The molecule has 25 heavy (non-hydrogen) atoms. The summed E-state index contributed by atoms with van der Waals surface area (Å²) in [6.45, 7) is 4.23. The summed E-state index contributed by atoms with van der Waals surface area (Å²) in [5.74, 6) is -4.32. The Morgan fingerprint density at radius 2 is 1.28 bits per heavy atom. The molecule has 0 radical (unpaired) electrons. The maximum atomic E-state index is 11.6. The first kappa shape index (κ1) is 20.4. The molecule has 140 valence electrons. The molecular weight excluding hydrogens is 342 g/mol. The fourth-order valence-electron chi connectivity index (χ4n) is 2.26. The van der Waals surface area contributed by atoms with Gasteiger partial charge in [0.1, 0.15) is 6.10 Å². The van der Waals surface area contributed by atoms with Gasteiger partial charge in [-0.15, -0.1) is 0 Å². The molecule has 0 aromatic heterocycles. The first-order chi connectivity index (χ1) is 11.5. The number of carbonyl (C=O) groups is 5. The number of hydrogen-bond donors (Lipinski definition) is 1. The van der Waals surface area contributed by atoms with Gasteiger partial charge in [0.25, 0.3) is 5.91 Å². The van der Waals surface area contributed by atoms with Crippen molar-refractivity contribution >= 4 is 29.8 Å². The molecule has 1 saturated heterocycles. The van der Waals surface area contributed by atoms with Gasteiger partial charge in [-0.25, -0.2) is 0 Å². The van der Waals surface area contributed by atoms with Gasteiger partial charge in [0, 0.05) is 27.7 Å². The third-order valence-electron chi connectivity index (χ3n) is 2.97. The van der Waals surface area contributed by atoms with Crippen molar-refractivity contribution in [3.05, 3.63) is 0 Å². The van der Waals surface area contributed by atoms with E-state index in [2.05, 4.69) is 0 Å². The number of rotatable bonds is 6. The van der Waals surface area contributed by atoms with Crippen LogP contribution in [0.3, 0.4) is 0 Å². The Morgan fingerprint density at radius 1 is 0.800 bits per heavy atom. The van der Waals surface area contributed by atoms with Crippen LogP contribution in [0.4, 0.5) is 0 Å². The standard InChI is InChI=1S/C14H19NO10/c1-5(16)21-10-9(11(13(15)20)22-6(2)17)25-14(24-8(4)19)12(10)23-7(3)18/h9-12,14H,1-4H3,(H2,15,20). The van der Waals surface area contributed by atoms with Gasteiger partial charge >= 0.3 is 23.9 Å². The van der Waals surface area contributed by atoms with E-state index in [0.29, 0.717) is 0 Å². The van der Waals surface area contributed by atoms with Gasteiger partial charge in [-0.2, -0.15) is 0 Å². The summed E-state index contributed by atoms with van der Waals surface area (Å²) in [6, 6.07) is 0. The highest BCUT2D eigenvalue weighted by atomic mass is 16.8. The molecule has 0 spiro atoms. The van der Waals surface area contributed by atoms with Crippen molar-refractivity contribution in [2.45, 2.75) is 58.4 Å². The minimum absolute atomic E-state index is 0.785. The van der Waals surface area contributed by atoms with E-state index in [9.17, 15) is 24.0 Å². The number of primary amides is 1. The highest BCUT2D eigenvalue weighted by Crippen LogP contribution is 2.31. The molecule has 11 heteroatoms. The van der Waals surface area contributed by atoms with Gasteiger partial charge < -0.3 is 29.4 Å². The number of nitrogens with two attached hydrogens (primary N) is 1. The lowest BCUT2D eigenvalue weighted by Crippen LogP contribution is -2.50. The predicted octanol–water partition coefficient (Wildman–Crippen LogP) is -1.45. The minimum Gasteiger partial charge on any atom is -0.455 e. The quantitative estimate of drug-likeness (QED) is 0.438. The van der Waals surface area contributed by atoms with Crippen LogP contribution >= 0.6 is 0 Å². The van der Waals surface area contributed by atoms with Crippen LogP contribution in [-0.4, -0.2) is 60.5 Å². The maximum Gasteiger partial charge on any atom is 0.305 e. The Kier molecular flexibility index (Phi) is 6.86. The zero-order valence-corrected chi connectivity index (χ0v) is 14.0. The van der Waals surface area contributed by atoms with Crippen LogP contribution in [0.15, 0.2) is 0 Å². The van der Waals surface area contributed by atoms with E-state index in [1.807, 2.05) is 0 Å². The van der Waals surface area contributed by atoms with Crippen molar-refractivity contribution in [3.63, 3.8) is 0 Å². The van der Waals surface area contributed by atoms with Gasteiger partial charge in [0.15, 0.2) is 6.10 Å². The number of esters is 4. The van der Waals surface area contributed by atoms with Crippen LogP contribution in [0.5, 0.6) is 0 Å².